The van der Waals surface area contributed by atoms with Crippen molar-refractivity contribution >= 4 is 0 Å². The van der Waals surface area contributed by atoms with E-state index in [0.717, 1.165) is 19.1 Å². The Kier molecular flexibility index (Phi) is 1.92. The van der Waals surface area contributed by atoms with Crippen LogP contribution >= 0.6 is 0 Å². The largest absolute Gasteiger partial charge is 0.381 e. The van der Waals surface area contributed by atoms with Gasteiger partial charge in [-0.1, -0.05) is 19.8 Å². The summed E-state index contributed by atoms with van der Waals surface area (Å²) in [7, 11) is 0. The van der Waals surface area contributed by atoms with Crippen LogP contribution < -0.4 is 0 Å². The monoisotopic (exact) mass is 154 g/mol. The van der Waals surface area contributed by atoms with Crippen LogP contribution in [-0.2, 0) is 4.74 Å². The lowest BCUT2D eigenvalue weighted by atomic mass is 9.76. The van der Waals surface area contributed by atoms with Crippen LogP contribution in [-0.4, -0.2) is 13.2 Å². The summed E-state index contributed by atoms with van der Waals surface area (Å²) in [5.74, 6) is 0.977. The molecule has 1 atom stereocenters. The second kappa shape index (κ2) is 2.78. The van der Waals surface area contributed by atoms with Crippen molar-refractivity contribution in [2.45, 2.75) is 39.0 Å². The lowest BCUT2D eigenvalue weighted by molar-refractivity contribution is 0.122. The Labute approximate surface area is 69.1 Å². The van der Waals surface area contributed by atoms with E-state index in [9.17, 15) is 0 Å². The van der Waals surface area contributed by atoms with Crippen LogP contribution in [0.1, 0.15) is 39.0 Å². The number of rotatable bonds is 1. The Morgan fingerprint density at radius 3 is 2.55 bits per heavy atom. The lowest BCUT2D eigenvalue weighted by Gasteiger charge is -2.29. The minimum Gasteiger partial charge on any atom is -0.381 e. The Bertz CT molecular complexity index is 130. The molecule has 64 valence electrons. The van der Waals surface area contributed by atoms with Crippen molar-refractivity contribution in [3.05, 3.63) is 0 Å². The molecule has 2 fully saturated rings. The predicted molar refractivity (Wildman–Crippen MR) is 45.5 cm³/mol. The van der Waals surface area contributed by atoms with Crippen LogP contribution in [0.2, 0.25) is 0 Å². The smallest absolute Gasteiger partial charge is 0.0523 e. The van der Waals surface area contributed by atoms with Crippen LogP contribution in [0, 0.1) is 11.3 Å². The topological polar surface area (TPSA) is 9.23 Å². The molecule has 1 heterocycles. The highest BCUT2D eigenvalue weighted by molar-refractivity contribution is 4.88. The minimum absolute atomic E-state index is 0.552. The summed E-state index contributed by atoms with van der Waals surface area (Å²) < 4.78 is 5.47. The maximum absolute atomic E-state index is 5.47. The maximum Gasteiger partial charge on any atom is 0.0523 e. The molecule has 0 N–H and O–H groups in total. The Morgan fingerprint density at radius 2 is 2.00 bits per heavy atom. The van der Waals surface area contributed by atoms with E-state index in [1.165, 1.54) is 32.1 Å². The second-order valence-electron chi connectivity index (χ2n) is 4.44. The quantitative estimate of drug-likeness (QED) is 0.564. The molecule has 1 saturated heterocycles. The van der Waals surface area contributed by atoms with Crippen molar-refractivity contribution in [3.8, 4) is 0 Å². The van der Waals surface area contributed by atoms with E-state index in [0.29, 0.717) is 5.41 Å². The van der Waals surface area contributed by atoms with E-state index in [1.54, 1.807) is 0 Å². The Hall–Kier alpha value is -0.0400. The van der Waals surface area contributed by atoms with Gasteiger partial charge in [-0.15, -0.1) is 0 Å². The third-order valence-corrected chi connectivity index (χ3v) is 3.59. The Balaban J connectivity index is 2.00. The molecule has 0 bridgehead atoms. The van der Waals surface area contributed by atoms with Crippen LogP contribution in [0.4, 0.5) is 0 Å². The molecule has 2 aliphatic rings. The van der Waals surface area contributed by atoms with Gasteiger partial charge in [-0.05, 0) is 30.6 Å². The summed E-state index contributed by atoms with van der Waals surface area (Å²) in [6, 6.07) is 0. The molecule has 1 heteroatoms. The van der Waals surface area contributed by atoms with Crippen LogP contribution in [0.5, 0.6) is 0 Å². The van der Waals surface area contributed by atoms with Gasteiger partial charge in [-0.25, -0.2) is 0 Å². The summed E-state index contributed by atoms with van der Waals surface area (Å²) in [5.41, 5.74) is 0.552. The molecule has 0 aromatic rings. The van der Waals surface area contributed by atoms with Crippen molar-refractivity contribution in [3.63, 3.8) is 0 Å². The molecule has 0 amide bonds. The zero-order chi connectivity index (χ0) is 7.73. The summed E-state index contributed by atoms with van der Waals surface area (Å²) in [4.78, 5) is 0. The summed E-state index contributed by atoms with van der Waals surface area (Å²) in [5, 5.41) is 0. The normalized spacial score (nSPS) is 40.1. The molecule has 0 radical (unpaired) electrons. The van der Waals surface area contributed by atoms with Gasteiger partial charge in [0.1, 0.15) is 0 Å². The Morgan fingerprint density at radius 1 is 1.27 bits per heavy atom. The average molecular weight is 154 g/mol. The first kappa shape index (κ1) is 7.60. The predicted octanol–water partition coefficient (Wildman–Crippen LogP) is 2.60. The first-order valence-corrected chi connectivity index (χ1v) is 4.89. The van der Waals surface area contributed by atoms with E-state index in [1.807, 2.05) is 0 Å². The molecule has 1 unspecified atom stereocenters. The van der Waals surface area contributed by atoms with Crippen LogP contribution in [0.15, 0.2) is 0 Å². The fourth-order valence-corrected chi connectivity index (χ4v) is 2.63. The van der Waals surface area contributed by atoms with Gasteiger partial charge in [0.25, 0.3) is 0 Å². The second-order valence-corrected chi connectivity index (χ2v) is 4.44. The van der Waals surface area contributed by atoms with E-state index >= 15 is 0 Å². The maximum atomic E-state index is 5.47. The van der Waals surface area contributed by atoms with Gasteiger partial charge in [0.05, 0.1) is 6.61 Å². The fourth-order valence-electron chi connectivity index (χ4n) is 2.63. The van der Waals surface area contributed by atoms with Gasteiger partial charge in [0.2, 0.25) is 0 Å². The van der Waals surface area contributed by atoms with Crippen molar-refractivity contribution < 1.29 is 4.74 Å². The van der Waals surface area contributed by atoms with Crippen molar-refractivity contribution in [2.75, 3.05) is 13.2 Å². The molecule has 0 aromatic heterocycles. The zero-order valence-corrected chi connectivity index (χ0v) is 7.44. The van der Waals surface area contributed by atoms with Crippen LogP contribution in [0.3, 0.4) is 0 Å². The summed E-state index contributed by atoms with van der Waals surface area (Å²) in [6.45, 7) is 4.45. The standard InChI is InChI=1S/C10H18O/c1-10(6-7-11-8-10)9-4-2-3-5-9/h9H,2-8H2,1H3. The SMILES string of the molecule is CC1(C2CCCC2)CCOC1. The van der Waals surface area contributed by atoms with Crippen molar-refractivity contribution in [1.29, 1.82) is 0 Å². The molecule has 1 saturated carbocycles. The molecule has 11 heavy (non-hydrogen) atoms. The van der Waals surface area contributed by atoms with Gasteiger partial charge >= 0.3 is 0 Å². The van der Waals surface area contributed by atoms with E-state index in [4.69, 9.17) is 4.74 Å². The molecule has 0 aromatic carbocycles. The highest BCUT2D eigenvalue weighted by Gasteiger charge is 2.38. The fraction of sp³-hybridized carbons (Fsp3) is 1.00. The van der Waals surface area contributed by atoms with Gasteiger partial charge in [0.15, 0.2) is 0 Å². The lowest BCUT2D eigenvalue weighted by Crippen LogP contribution is -2.25. The van der Waals surface area contributed by atoms with E-state index < -0.39 is 0 Å². The van der Waals surface area contributed by atoms with Crippen molar-refractivity contribution in [1.82, 2.24) is 0 Å². The van der Waals surface area contributed by atoms with Gasteiger partial charge in [-0.2, -0.15) is 0 Å². The van der Waals surface area contributed by atoms with E-state index in [2.05, 4.69) is 6.92 Å². The minimum atomic E-state index is 0.552. The van der Waals surface area contributed by atoms with Gasteiger partial charge < -0.3 is 4.74 Å². The third-order valence-electron chi connectivity index (χ3n) is 3.59. The summed E-state index contributed by atoms with van der Waals surface area (Å²) >= 11 is 0. The molecular formula is C10H18O. The summed E-state index contributed by atoms with van der Waals surface area (Å²) in [6.07, 6.45) is 7.14. The average Bonchev–Trinajstić information content (AvgIpc) is 2.55. The first-order valence-electron chi connectivity index (χ1n) is 4.89. The third kappa shape index (κ3) is 1.31. The molecule has 2 rings (SSSR count). The van der Waals surface area contributed by atoms with Crippen LogP contribution in [0.25, 0.3) is 0 Å². The zero-order valence-electron chi connectivity index (χ0n) is 7.44. The highest BCUT2D eigenvalue weighted by atomic mass is 16.5. The molecule has 0 spiro atoms. The molecule has 1 aliphatic carbocycles. The molecule has 1 aliphatic heterocycles. The van der Waals surface area contributed by atoms with Crippen molar-refractivity contribution in [2.24, 2.45) is 11.3 Å². The molecule has 1 nitrogen and oxygen atoms in total. The number of ether oxygens (including phenoxy) is 1. The van der Waals surface area contributed by atoms with E-state index in [-0.39, 0.29) is 0 Å². The number of hydrogen-bond donors (Lipinski definition) is 0. The number of hydrogen-bond acceptors (Lipinski definition) is 1. The highest BCUT2D eigenvalue weighted by Crippen LogP contribution is 2.44. The van der Waals surface area contributed by atoms with Gasteiger partial charge in [0, 0.05) is 6.61 Å². The molecular weight excluding hydrogens is 136 g/mol. The van der Waals surface area contributed by atoms with Gasteiger partial charge in [-0.3, -0.25) is 0 Å². The first-order chi connectivity index (χ1) is 5.31.